The molecular formula is C43H26N2OS. The number of aromatic nitrogens is 2. The smallest absolute Gasteiger partial charge is 0.160 e. The van der Waals surface area contributed by atoms with Gasteiger partial charge in [-0.15, -0.1) is 0 Å². The van der Waals surface area contributed by atoms with E-state index in [0.717, 1.165) is 39.0 Å². The Kier molecular flexibility index (Phi) is 5.72. The van der Waals surface area contributed by atoms with E-state index < -0.39 is 5.41 Å². The van der Waals surface area contributed by atoms with Crippen LogP contribution in [0.4, 0.5) is 0 Å². The Morgan fingerprint density at radius 2 is 1.09 bits per heavy atom. The second kappa shape index (κ2) is 10.1. The number of hydrogen-bond acceptors (Lipinski definition) is 4. The Bertz CT molecular complexity index is 2400. The molecule has 4 heteroatoms. The van der Waals surface area contributed by atoms with E-state index in [1.807, 2.05) is 36.0 Å². The summed E-state index contributed by atoms with van der Waals surface area (Å²) in [6.45, 7) is 0. The lowest BCUT2D eigenvalue weighted by molar-refractivity contribution is 0.614. The average Bonchev–Trinajstić information content (AvgIpc) is 3.72. The van der Waals surface area contributed by atoms with E-state index in [9.17, 15) is 0 Å². The van der Waals surface area contributed by atoms with Crippen LogP contribution in [0.15, 0.2) is 172 Å². The largest absolute Gasteiger partial charge is 0.464 e. The molecule has 2 aliphatic rings. The Labute approximate surface area is 276 Å². The van der Waals surface area contributed by atoms with Crippen LogP contribution >= 0.6 is 11.8 Å². The van der Waals surface area contributed by atoms with Crippen LogP contribution in [0.3, 0.4) is 0 Å². The van der Waals surface area contributed by atoms with Crippen LogP contribution in [0.25, 0.3) is 56.0 Å². The molecular weight excluding hydrogens is 593 g/mol. The molecule has 8 aromatic rings. The Balaban J connectivity index is 1.26. The van der Waals surface area contributed by atoms with Crippen LogP contribution in [-0.2, 0) is 5.41 Å². The van der Waals surface area contributed by atoms with Gasteiger partial charge in [0, 0.05) is 31.9 Å². The maximum absolute atomic E-state index is 6.03. The molecule has 0 unspecified atom stereocenters. The summed E-state index contributed by atoms with van der Waals surface area (Å²) >= 11 is 1.86. The van der Waals surface area contributed by atoms with Crippen LogP contribution in [0.1, 0.15) is 22.3 Å². The first-order chi connectivity index (χ1) is 23.3. The molecule has 1 spiro atoms. The summed E-state index contributed by atoms with van der Waals surface area (Å²) in [5.74, 6) is 0.714. The third-order valence-electron chi connectivity index (χ3n) is 9.64. The Hall–Kier alpha value is -5.71. The van der Waals surface area contributed by atoms with Gasteiger partial charge in [-0.05, 0) is 75.8 Å². The van der Waals surface area contributed by atoms with E-state index in [0.29, 0.717) is 5.82 Å². The number of rotatable bonds is 3. The van der Waals surface area contributed by atoms with Gasteiger partial charge in [-0.25, -0.2) is 9.97 Å². The molecule has 0 saturated carbocycles. The van der Waals surface area contributed by atoms with Gasteiger partial charge < -0.3 is 4.42 Å². The van der Waals surface area contributed by atoms with Crippen LogP contribution in [0.5, 0.6) is 0 Å². The highest BCUT2D eigenvalue weighted by Gasteiger charge is 2.50. The van der Waals surface area contributed by atoms with Gasteiger partial charge in [-0.1, -0.05) is 121 Å². The molecule has 6 aromatic carbocycles. The van der Waals surface area contributed by atoms with Crippen molar-refractivity contribution in [2.45, 2.75) is 15.2 Å². The highest BCUT2D eigenvalue weighted by atomic mass is 32.2. The van der Waals surface area contributed by atoms with Crippen LogP contribution in [0.2, 0.25) is 0 Å². The number of hydrogen-bond donors (Lipinski definition) is 0. The minimum Gasteiger partial charge on any atom is -0.464 e. The standard InChI is InChI=1S/C43H26N2OS/c1-3-11-27(12-4-1)37-26-38(45-42(44-37)28-13-5-2-6-14-28)29-19-20-33-31(23-29)32-24-30-21-22-46-39(30)25-36(32)43(33)34-15-7-9-17-40(34)47-41-18-10-8-16-35(41)43/h1-26H. The van der Waals surface area contributed by atoms with E-state index >= 15 is 0 Å². The van der Waals surface area contributed by atoms with Crippen molar-refractivity contribution in [1.82, 2.24) is 9.97 Å². The van der Waals surface area contributed by atoms with Crippen molar-refractivity contribution in [3.63, 3.8) is 0 Å². The van der Waals surface area contributed by atoms with Crippen LogP contribution in [0, 0.1) is 0 Å². The van der Waals surface area contributed by atoms with Gasteiger partial charge in [0.05, 0.1) is 23.1 Å². The van der Waals surface area contributed by atoms with Crippen molar-refractivity contribution in [2.24, 2.45) is 0 Å². The minimum atomic E-state index is -0.474. The Morgan fingerprint density at radius 1 is 0.468 bits per heavy atom. The molecule has 10 rings (SSSR count). The Morgan fingerprint density at radius 3 is 1.81 bits per heavy atom. The lowest BCUT2D eigenvalue weighted by Crippen LogP contribution is -2.31. The zero-order chi connectivity index (χ0) is 31.0. The molecule has 0 fully saturated rings. The van der Waals surface area contributed by atoms with Crippen molar-refractivity contribution in [1.29, 1.82) is 0 Å². The molecule has 3 nitrogen and oxygen atoms in total. The SMILES string of the molecule is c1ccc(-c2cc(-c3ccc4c(c3)-c3cc5ccoc5cc3C43c4ccccc4Sc4ccccc43)nc(-c3ccccc3)n2)cc1. The maximum Gasteiger partial charge on any atom is 0.160 e. The fourth-order valence-electron chi connectivity index (χ4n) is 7.58. The van der Waals surface area contributed by atoms with E-state index in [1.165, 1.54) is 43.2 Å². The van der Waals surface area contributed by atoms with Crippen molar-refractivity contribution >= 4 is 22.7 Å². The predicted molar refractivity (Wildman–Crippen MR) is 190 cm³/mol. The molecule has 2 aromatic heterocycles. The first kappa shape index (κ1) is 26.5. The topological polar surface area (TPSA) is 38.9 Å². The molecule has 0 amide bonds. The molecule has 0 bridgehead atoms. The molecule has 0 saturated heterocycles. The average molecular weight is 619 g/mol. The van der Waals surface area contributed by atoms with Gasteiger partial charge >= 0.3 is 0 Å². The van der Waals surface area contributed by atoms with Crippen molar-refractivity contribution in [3.8, 4) is 45.0 Å². The molecule has 220 valence electrons. The number of nitrogens with zero attached hydrogens (tertiary/aromatic N) is 2. The summed E-state index contributed by atoms with van der Waals surface area (Å²) < 4.78 is 6.03. The molecule has 1 aliphatic heterocycles. The quantitative estimate of drug-likeness (QED) is 0.197. The summed E-state index contributed by atoms with van der Waals surface area (Å²) in [5, 5.41) is 1.10. The molecule has 0 radical (unpaired) electrons. The van der Waals surface area contributed by atoms with E-state index in [1.54, 1.807) is 6.26 Å². The van der Waals surface area contributed by atoms with Crippen LogP contribution in [-0.4, -0.2) is 9.97 Å². The summed E-state index contributed by atoms with van der Waals surface area (Å²) in [4.78, 5) is 12.8. The van der Waals surface area contributed by atoms with Crippen LogP contribution < -0.4 is 0 Å². The fourth-order valence-corrected chi connectivity index (χ4v) is 8.78. The van der Waals surface area contributed by atoms with Gasteiger partial charge in [0.15, 0.2) is 5.82 Å². The summed E-state index contributed by atoms with van der Waals surface area (Å²) in [7, 11) is 0. The van der Waals surface area contributed by atoms with Gasteiger partial charge in [0.1, 0.15) is 5.58 Å². The van der Waals surface area contributed by atoms with Gasteiger partial charge in [-0.2, -0.15) is 0 Å². The van der Waals surface area contributed by atoms with Crippen molar-refractivity contribution < 1.29 is 4.42 Å². The van der Waals surface area contributed by atoms with E-state index in [2.05, 4.69) is 127 Å². The van der Waals surface area contributed by atoms with E-state index in [4.69, 9.17) is 14.4 Å². The highest BCUT2D eigenvalue weighted by molar-refractivity contribution is 7.99. The van der Waals surface area contributed by atoms with Gasteiger partial charge in [0.2, 0.25) is 0 Å². The second-order valence-corrected chi connectivity index (χ2v) is 13.2. The lowest BCUT2D eigenvalue weighted by atomic mass is 9.67. The molecule has 3 heterocycles. The first-order valence-electron chi connectivity index (χ1n) is 15.8. The third-order valence-corrected chi connectivity index (χ3v) is 10.8. The number of furan rings is 1. The fraction of sp³-hybridized carbons (Fsp3) is 0.0233. The molecule has 0 N–H and O–H groups in total. The molecule has 0 atom stereocenters. The minimum absolute atomic E-state index is 0.474. The summed E-state index contributed by atoms with van der Waals surface area (Å²) in [6.07, 6.45) is 1.79. The zero-order valence-corrected chi connectivity index (χ0v) is 26.0. The van der Waals surface area contributed by atoms with Crippen molar-refractivity contribution in [3.05, 3.63) is 180 Å². The highest BCUT2D eigenvalue weighted by Crippen LogP contribution is 2.62. The molecule has 47 heavy (non-hydrogen) atoms. The number of benzene rings is 6. The normalized spacial score (nSPS) is 13.6. The zero-order valence-electron chi connectivity index (χ0n) is 25.2. The van der Waals surface area contributed by atoms with Gasteiger partial charge in [-0.3, -0.25) is 0 Å². The van der Waals surface area contributed by atoms with Crippen molar-refractivity contribution in [2.75, 3.05) is 0 Å². The molecule has 1 aliphatic carbocycles. The lowest BCUT2D eigenvalue weighted by Gasteiger charge is -2.39. The number of fused-ring (bicyclic) bond motifs is 10. The van der Waals surface area contributed by atoms with E-state index in [-0.39, 0.29) is 0 Å². The first-order valence-corrected chi connectivity index (χ1v) is 16.6. The summed E-state index contributed by atoms with van der Waals surface area (Å²) in [6, 6.07) is 54.0. The van der Waals surface area contributed by atoms with Gasteiger partial charge in [0.25, 0.3) is 0 Å². The maximum atomic E-state index is 6.03. The second-order valence-electron chi connectivity index (χ2n) is 12.2. The monoisotopic (exact) mass is 618 g/mol. The summed E-state index contributed by atoms with van der Waals surface area (Å²) in [5.41, 5.74) is 12.9. The third kappa shape index (κ3) is 3.89. The predicted octanol–water partition coefficient (Wildman–Crippen LogP) is 11.1.